The molecule has 0 spiro atoms. The molecule has 0 aromatic heterocycles. The third-order valence-corrected chi connectivity index (χ3v) is 4.20. The highest BCUT2D eigenvalue weighted by Crippen LogP contribution is 2.49. The number of nitrogen functional groups attached to an aromatic ring is 1. The molecule has 21 heavy (non-hydrogen) atoms. The number of benzene rings is 2. The van der Waals surface area contributed by atoms with E-state index in [4.69, 9.17) is 5.73 Å². The van der Waals surface area contributed by atoms with Gasteiger partial charge >= 0.3 is 0 Å². The molecule has 0 fully saturated rings. The lowest BCUT2D eigenvalue weighted by Crippen LogP contribution is -2.32. The minimum Gasteiger partial charge on any atom is -0.506 e. The molecule has 0 saturated carbocycles. The Morgan fingerprint density at radius 2 is 1.81 bits per heavy atom. The summed E-state index contributed by atoms with van der Waals surface area (Å²) in [5.41, 5.74) is 11.0. The van der Waals surface area contributed by atoms with Crippen molar-refractivity contribution in [2.24, 2.45) is 5.92 Å². The molecule has 2 aliphatic carbocycles. The number of phenols is 1. The molecule has 104 valence electrons. The number of anilines is 3. The summed E-state index contributed by atoms with van der Waals surface area (Å²) >= 11 is 0. The average molecular weight is 276 g/mol. The summed E-state index contributed by atoms with van der Waals surface area (Å²) in [6, 6.07) is 15.2. The third-order valence-electron chi connectivity index (χ3n) is 4.20. The molecule has 0 aliphatic heterocycles. The van der Waals surface area contributed by atoms with Crippen molar-refractivity contribution < 1.29 is 5.11 Å². The van der Waals surface area contributed by atoms with Gasteiger partial charge in [0.25, 0.3) is 0 Å². The predicted molar refractivity (Wildman–Crippen MR) is 85.4 cm³/mol. The molecule has 0 radical (unpaired) electrons. The number of hydrogen-bond acceptors (Lipinski definition) is 3. The van der Waals surface area contributed by atoms with Gasteiger partial charge in [-0.3, -0.25) is 0 Å². The van der Waals surface area contributed by atoms with Crippen LogP contribution in [0.5, 0.6) is 5.75 Å². The second-order valence-electron chi connectivity index (χ2n) is 5.49. The maximum absolute atomic E-state index is 10.2. The minimum absolute atomic E-state index is 0.286. The maximum Gasteiger partial charge on any atom is 0.139 e. The molecular formula is C18H16N2O. The lowest BCUT2D eigenvalue weighted by molar-refractivity contribution is 0.475. The molecule has 1 unspecified atom stereocenters. The van der Waals surface area contributed by atoms with Gasteiger partial charge in [0.05, 0.1) is 5.69 Å². The molecule has 4 rings (SSSR count). The number of allylic oxidation sites excluding steroid dienone is 4. The zero-order valence-corrected chi connectivity index (χ0v) is 11.5. The molecule has 1 atom stereocenters. The summed E-state index contributed by atoms with van der Waals surface area (Å²) in [6.07, 6.45) is 5.41. The van der Waals surface area contributed by atoms with Crippen molar-refractivity contribution >= 4 is 17.1 Å². The molecule has 0 saturated heterocycles. The third kappa shape index (κ3) is 1.82. The van der Waals surface area contributed by atoms with Gasteiger partial charge in [0.2, 0.25) is 0 Å². The molecule has 2 aromatic rings. The van der Waals surface area contributed by atoms with Crippen LogP contribution >= 0.6 is 0 Å². The molecule has 3 N–H and O–H groups in total. The van der Waals surface area contributed by atoms with Crippen LogP contribution in [-0.4, -0.2) is 5.11 Å². The van der Waals surface area contributed by atoms with Gasteiger partial charge in [0.15, 0.2) is 0 Å². The van der Waals surface area contributed by atoms with Crippen molar-refractivity contribution in [1.29, 1.82) is 0 Å². The Balaban J connectivity index is 1.85. The lowest BCUT2D eigenvalue weighted by Gasteiger charge is -2.42. The summed E-state index contributed by atoms with van der Waals surface area (Å²) in [7, 11) is 0. The highest BCUT2D eigenvalue weighted by Gasteiger charge is 2.36. The van der Waals surface area contributed by atoms with Crippen LogP contribution in [0.15, 0.2) is 72.0 Å². The van der Waals surface area contributed by atoms with Crippen LogP contribution in [-0.2, 0) is 0 Å². The van der Waals surface area contributed by atoms with Crippen LogP contribution in [0.4, 0.5) is 17.1 Å². The van der Waals surface area contributed by atoms with Crippen molar-refractivity contribution in [3.63, 3.8) is 0 Å². The normalized spacial score (nSPS) is 18.8. The lowest BCUT2D eigenvalue weighted by atomic mass is 9.72. The van der Waals surface area contributed by atoms with Crippen molar-refractivity contribution in [1.82, 2.24) is 0 Å². The SMILES string of the molecule is Nc1ccc(N(C2=C3C=CC3C2)c2ccccc2O)cc1. The van der Waals surface area contributed by atoms with Gasteiger partial charge in [-0.05, 0) is 48.4 Å². The van der Waals surface area contributed by atoms with Crippen LogP contribution in [0.2, 0.25) is 0 Å². The number of nitrogens with zero attached hydrogens (tertiary/aromatic N) is 1. The minimum atomic E-state index is 0.286. The van der Waals surface area contributed by atoms with Gasteiger partial charge in [-0.25, -0.2) is 0 Å². The fourth-order valence-electron chi connectivity index (χ4n) is 2.95. The first-order chi connectivity index (χ1) is 10.2. The molecule has 2 aromatic carbocycles. The topological polar surface area (TPSA) is 49.5 Å². The average Bonchev–Trinajstić information content (AvgIpc) is 2.47. The first-order valence-corrected chi connectivity index (χ1v) is 7.09. The molecule has 0 bridgehead atoms. The standard InChI is InChI=1S/C18H16N2O/c19-13-6-8-14(9-7-13)20(16-3-1-2-4-18(16)21)17-11-12-5-10-15(12)17/h1-10,12,21H,11,19H2. The monoisotopic (exact) mass is 276 g/mol. The number of nitrogens with two attached hydrogens (primary N) is 1. The van der Waals surface area contributed by atoms with E-state index in [1.165, 1.54) is 11.3 Å². The number of aromatic hydroxyl groups is 1. The van der Waals surface area contributed by atoms with E-state index in [1.54, 1.807) is 6.07 Å². The van der Waals surface area contributed by atoms with E-state index in [2.05, 4.69) is 17.1 Å². The Bertz CT molecular complexity index is 759. The smallest absolute Gasteiger partial charge is 0.139 e. The zero-order chi connectivity index (χ0) is 14.4. The summed E-state index contributed by atoms with van der Waals surface area (Å²) in [6.45, 7) is 0. The number of phenolic OH excluding ortho intramolecular Hbond substituents is 1. The van der Waals surface area contributed by atoms with E-state index >= 15 is 0 Å². The number of para-hydroxylation sites is 2. The molecule has 0 amide bonds. The van der Waals surface area contributed by atoms with Crippen LogP contribution in [0.25, 0.3) is 0 Å². The van der Waals surface area contributed by atoms with Gasteiger partial charge in [-0.1, -0.05) is 24.3 Å². The van der Waals surface area contributed by atoms with Gasteiger partial charge in [0.1, 0.15) is 5.75 Å². The summed E-state index contributed by atoms with van der Waals surface area (Å²) in [5, 5.41) is 10.2. The molecule has 0 heterocycles. The highest BCUT2D eigenvalue weighted by atomic mass is 16.3. The first-order valence-electron chi connectivity index (χ1n) is 7.09. The quantitative estimate of drug-likeness (QED) is 0.834. The van der Waals surface area contributed by atoms with Gasteiger partial charge in [-0.2, -0.15) is 0 Å². The molecular weight excluding hydrogens is 260 g/mol. The maximum atomic E-state index is 10.2. The Labute approximate surface area is 123 Å². The zero-order valence-electron chi connectivity index (χ0n) is 11.5. The van der Waals surface area contributed by atoms with Crippen LogP contribution in [0.3, 0.4) is 0 Å². The van der Waals surface area contributed by atoms with Crippen molar-refractivity contribution in [3.05, 3.63) is 72.0 Å². The summed E-state index contributed by atoms with van der Waals surface area (Å²) in [4.78, 5) is 2.13. The van der Waals surface area contributed by atoms with Crippen LogP contribution < -0.4 is 10.6 Å². The Kier molecular flexibility index (Phi) is 2.54. The van der Waals surface area contributed by atoms with E-state index in [-0.39, 0.29) is 5.75 Å². The number of hydrogen-bond donors (Lipinski definition) is 2. The number of rotatable bonds is 3. The van der Waals surface area contributed by atoms with E-state index in [9.17, 15) is 5.11 Å². The van der Waals surface area contributed by atoms with E-state index in [1.807, 2.05) is 42.5 Å². The van der Waals surface area contributed by atoms with Crippen LogP contribution in [0, 0.1) is 5.92 Å². The van der Waals surface area contributed by atoms with Crippen LogP contribution in [0.1, 0.15) is 6.42 Å². The predicted octanol–water partition coefficient (Wildman–Crippen LogP) is 3.96. The molecule has 2 aliphatic rings. The largest absolute Gasteiger partial charge is 0.506 e. The van der Waals surface area contributed by atoms with Gasteiger partial charge < -0.3 is 15.7 Å². The summed E-state index contributed by atoms with van der Waals surface area (Å²) < 4.78 is 0. The summed E-state index contributed by atoms with van der Waals surface area (Å²) in [5.74, 6) is 0.885. The molecule has 3 heteroatoms. The fourth-order valence-corrected chi connectivity index (χ4v) is 2.95. The Morgan fingerprint density at radius 3 is 2.38 bits per heavy atom. The highest BCUT2D eigenvalue weighted by molar-refractivity contribution is 5.76. The van der Waals surface area contributed by atoms with Gasteiger partial charge in [-0.15, -0.1) is 0 Å². The second-order valence-corrected chi connectivity index (χ2v) is 5.49. The number of fused-ring (bicyclic) bond motifs is 1. The second kappa shape index (κ2) is 4.42. The van der Waals surface area contributed by atoms with Crippen molar-refractivity contribution in [2.75, 3.05) is 10.6 Å². The molecule has 3 nitrogen and oxygen atoms in total. The first kappa shape index (κ1) is 12.1. The Morgan fingerprint density at radius 1 is 1.05 bits per heavy atom. The van der Waals surface area contributed by atoms with E-state index in [0.29, 0.717) is 5.92 Å². The Hall–Kier alpha value is -2.68. The van der Waals surface area contributed by atoms with E-state index in [0.717, 1.165) is 23.5 Å². The van der Waals surface area contributed by atoms with Crippen molar-refractivity contribution in [3.8, 4) is 5.75 Å². The van der Waals surface area contributed by atoms with E-state index < -0.39 is 0 Å². The fraction of sp³-hybridized carbons (Fsp3) is 0.111. The van der Waals surface area contributed by atoms with Gasteiger partial charge in [0, 0.05) is 23.0 Å². The van der Waals surface area contributed by atoms with Crippen molar-refractivity contribution in [2.45, 2.75) is 6.42 Å².